The second kappa shape index (κ2) is 7.32. The number of para-hydroxylation sites is 2. The van der Waals surface area contributed by atoms with Crippen molar-refractivity contribution in [3.8, 4) is 0 Å². The number of rotatable bonds is 3. The molecule has 0 radical (unpaired) electrons. The number of hydrogen-bond acceptors (Lipinski definition) is 2. The molecule has 1 unspecified atom stereocenters. The Labute approximate surface area is 137 Å². The van der Waals surface area contributed by atoms with Gasteiger partial charge in [-0.05, 0) is 36.1 Å². The molecule has 1 atom stereocenters. The first kappa shape index (κ1) is 16.4. The fourth-order valence-electron chi connectivity index (χ4n) is 2.86. The Morgan fingerprint density at radius 2 is 1.82 bits per heavy atom. The van der Waals surface area contributed by atoms with E-state index in [-0.39, 0.29) is 18.3 Å². The van der Waals surface area contributed by atoms with Crippen molar-refractivity contribution >= 4 is 29.7 Å². The highest BCUT2D eigenvalue weighted by Gasteiger charge is 2.25. The molecule has 116 valence electrons. The van der Waals surface area contributed by atoms with Gasteiger partial charge in [-0.25, -0.2) is 0 Å². The lowest BCUT2D eigenvalue weighted by Crippen LogP contribution is -2.42. The molecule has 1 aliphatic rings. The topological polar surface area (TPSA) is 32.3 Å². The highest BCUT2D eigenvalue weighted by atomic mass is 35.5. The van der Waals surface area contributed by atoms with Gasteiger partial charge in [0, 0.05) is 17.9 Å². The van der Waals surface area contributed by atoms with E-state index in [0.29, 0.717) is 12.5 Å². The zero-order chi connectivity index (χ0) is 14.7. The molecule has 0 bridgehead atoms. The van der Waals surface area contributed by atoms with Gasteiger partial charge in [0.1, 0.15) is 0 Å². The minimum atomic E-state index is 0. The summed E-state index contributed by atoms with van der Waals surface area (Å²) >= 11 is 0. The maximum atomic E-state index is 12.5. The van der Waals surface area contributed by atoms with Gasteiger partial charge in [0.2, 0.25) is 5.91 Å². The predicted molar refractivity (Wildman–Crippen MR) is 93.8 cm³/mol. The maximum Gasteiger partial charge on any atom is 0.246 e. The smallest absolute Gasteiger partial charge is 0.246 e. The SMILES string of the molecule is CC1Cc2ccccc2N(C(=O)CNc2ccccc2)C1.Cl. The Hall–Kier alpha value is -2.00. The number of carbonyl (C=O) groups excluding carboxylic acids is 1. The Morgan fingerprint density at radius 3 is 2.59 bits per heavy atom. The summed E-state index contributed by atoms with van der Waals surface area (Å²) in [7, 11) is 0. The molecule has 1 heterocycles. The minimum absolute atomic E-state index is 0. The monoisotopic (exact) mass is 316 g/mol. The highest BCUT2D eigenvalue weighted by molar-refractivity contribution is 5.97. The molecular weight excluding hydrogens is 296 g/mol. The molecule has 2 aromatic carbocycles. The summed E-state index contributed by atoms with van der Waals surface area (Å²) in [4.78, 5) is 14.5. The number of anilines is 2. The van der Waals surface area contributed by atoms with E-state index in [1.54, 1.807) is 0 Å². The highest BCUT2D eigenvalue weighted by Crippen LogP contribution is 2.29. The van der Waals surface area contributed by atoms with E-state index < -0.39 is 0 Å². The van der Waals surface area contributed by atoms with Crippen LogP contribution in [-0.2, 0) is 11.2 Å². The molecule has 0 saturated carbocycles. The van der Waals surface area contributed by atoms with Gasteiger partial charge in [-0.15, -0.1) is 12.4 Å². The van der Waals surface area contributed by atoms with Crippen LogP contribution in [0.5, 0.6) is 0 Å². The van der Waals surface area contributed by atoms with Crippen LogP contribution in [0.25, 0.3) is 0 Å². The Morgan fingerprint density at radius 1 is 1.14 bits per heavy atom. The third-order valence-electron chi connectivity index (χ3n) is 3.86. The van der Waals surface area contributed by atoms with Gasteiger partial charge in [-0.2, -0.15) is 0 Å². The van der Waals surface area contributed by atoms with Gasteiger partial charge in [0.25, 0.3) is 0 Å². The van der Waals surface area contributed by atoms with Crippen LogP contribution in [0.1, 0.15) is 12.5 Å². The first-order valence-corrected chi connectivity index (χ1v) is 7.41. The molecule has 3 nitrogen and oxygen atoms in total. The molecule has 0 aliphatic carbocycles. The molecule has 0 aromatic heterocycles. The van der Waals surface area contributed by atoms with Crippen molar-refractivity contribution in [3.05, 3.63) is 60.2 Å². The number of benzene rings is 2. The summed E-state index contributed by atoms with van der Waals surface area (Å²) < 4.78 is 0. The molecule has 3 rings (SSSR count). The van der Waals surface area contributed by atoms with Gasteiger partial charge in [-0.3, -0.25) is 4.79 Å². The molecule has 1 amide bonds. The van der Waals surface area contributed by atoms with Crippen molar-refractivity contribution in [3.63, 3.8) is 0 Å². The lowest BCUT2D eigenvalue weighted by molar-refractivity contribution is -0.117. The van der Waals surface area contributed by atoms with Crippen molar-refractivity contribution in [2.24, 2.45) is 5.92 Å². The first-order valence-electron chi connectivity index (χ1n) is 7.41. The third-order valence-corrected chi connectivity index (χ3v) is 3.86. The van der Waals surface area contributed by atoms with E-state index in [1.165, 1.54) is 5.56 Å². The molecule has 0 fully saturated rings. The maximum absolute atomic E-state index is 12.5. The molecule has 0 spiro atoms. The van der Waals surface area contributed by atoms with Crippen molar-refractivity contribution < 1.29 is 4.79 Å². The number of carbonyl (C=O) groups is 1. The number of nitrogens with zero attached hydrogens (tertiary/aromatic N) is 1. The van der Waals surface area contributed by atoms with Crippen molar-refractivity contribution in [1.29, 1.82) is 0 Å². The van der Waals surface area contributed by atoms with Gasteiger partial charge < -0.3 is 10.2 Å². The van der Waals surface area contributed by atoms with Gasteiger partial charge in [0.15, 0.2) is 0 Å². The van der Waals surface area contributed by atoms with Crippen LogP contribution in [0.2, 0.25) is 0 Å². The lowest BCUT2D eigenvalue weighted by atomic mass is 9.94. The van der Waals surface area contributed by atoms with Crippen molar-refractivity contribution in [1.82, 2.24) is 0 Å². The van der Waals surface area contributed by atoms with E-state index in [4.69, 9.17) is 0 Å². The summed E-state index contributed by atoms with van der Waals surface area (Å²) in [5.41, 5.74) is 3.31. The zero-order valence-electron chi connectivity index (χ0n) is 12.7. The largest absolute Gasteiger partial charge is 0.376 e. The summed E-state index contributed by atoms with van der Waals surface area (Å²) in [5.74, 6) is 0.624. The third kappa shape index (κ3) is 3.60. The molecule has 4 heteroatoms. The number of halogens is 1. The Balaban J connectivity index is 0.00000176. The van der Waals surface area contributed by atoms with Gasteiger partial charge >= 0.3 is 0 Å². The first-order chi connectivity index (χ1) is 10.2. The molecule has 0 saturated heterocycles. The van der Waals surface area contributed by atoms with E-state index in [0.717, 1.165) is 24.3 Å². The Kier molecular flexibility index (Phi) is 5.45. The number of amides is 1. The van der Waals surface area contributed by atoms with Crippen LogP contribution in [0.4, 0.5) is 11.4 Å². The van der Waals surface area contributed by atoms with E-state index in [1.807, 2.05) is 53.4 Å². The van der Waals surface area contributed by atoms with Crippen molar-refractivity contribution in [2.45, 2.75) is 13.3 Å². The normalized spacial score (nSPS) is 16.4. The van der Waals surface area contributed by atoms with Crippen molar-refractivity contribution in [2.75, 3.05) is 23.3 Å². The average molecular weight is 317 g/mol. The van der Waals surface area contributed by atoms with E-state index in [2.05, 4.69) is 18.3 Å². The quantitative estimate of drug-likeness (QED) is 0.935. The standard InChI is InChI=1S/C18H20N2O.ClH/c1-14-11-15-7-5-6-10-17(15)20(13-14)18(21)12-19-16-8-3-2-4-9-16;/h2-10,14,19H,11-13H2,1H3;1H. The lowest BCUT2D eigenvalue weighted by Gasteiger charge is -2.33. The number of nitrogens with one attached hydrogen (secondary N) is 1. The molecule has 1 N–H and O–H groups in total. The van der Waals surface area contributed by atoms with Crippen LogP contribution < -0.4 is 10.2 Å². The van der Waals surface area contributed by atoms with E-state index in [9.17, 15) is 4.79 Å². The summed E-state index contributed by atoms with van der Waals surface area (Å²) in [6, 6.07) is 18.0. The van der Waals surface area contributed by atoms with Crippen LogP contribution in [-0.4, -0.2) is 19.0 Å². The average Bonchev–Trinajstić information content (AvgIpc) is 2.52. The second-order valence-corrected chi connectivity index (χ2v) is 5.66. The minimum Gasteiger partial charge on any atom is -0.376 e. The summed E-state index contributed by atoms with van der Waals surface area (Å²) in [5, 5.41) is 3.20. The molecule has 1 aliphatic heterocycles. The molecular formula is C18H21ClN2O. The summed E-state index contributed by atoms with van der Waals surface area (Å²) in [6.07, 6.45) is 1.05. The predicted octanol–water partition coefficient (Wildman–Crippen LogP) is 3.75. The van der Waals surface area contributed by atoms with Crippen LogP contribution in [0, 0.1) is 5.92 Å². The summed E-state index contributed by atoms with van der Waals surface area (Å²) in [6.45, 7) is 3.32. The molecule has 22 heavy (non-hydrogen) atoms. The van der Waals surface area contributed by atoms with Gasteiger partial charge in [0.05, 0.1) is 6.54 Å². The van der Waals surface area contributed by atoms with Crippen LogP contribution in [0.3, 0.4) is 0 Å². The second-order valence-electron chi connectivity index (χ2n) is 5.66. The van der Waals surface area contributed by atoms with Gasteiger partial charge in [-0.1, -0.05) is 43.3 Å². The zero-order valence-corrected chi connectivity index (χ0v) is 13.5. The van der Waals surface area contributed by atoms with Crippen LogP contribution in [0.15, 0.2) is 54.6 Å². The fourth-order valence-corrected chi connectivity index (χ4v) is 2.86. The number of hydrogen-bond donors (Lipinski definition) is 1. The number of fused-ring (bicyclic) bond motifs is 1. The molecule has 2 aromatic rings. The van der Waals surface area contributed by atoms with E-state index >= 15 is 0 Å². The fraction of sp³-hybridized carbons (Fsp3) is 0.278. The Bertz CT molecular complexity index is 630. The van der Waals surface area contributed by atoms with Crippen LogP contribution >= 0.6 is 12.4 Å².